The van der Waals surface area contributed by atoms with Crippen LogP contribution < -0.4 is 24.4 Å². The summed E-state index contributed by atoms with van der Waals surface area (Å²) in [6.45, 7) is 3.31. The van der Waals surface area contributed by atoms with E-state index in [4.69, 9.17) is 9.47 Å². The van der Waals surface area contributed by atoms with Crippen molar-refractivity contribution in [3.63, 3.8) is 0 Å². The fraction of sp³-hybridized carbons (Fsp3) is 0.184. The molecule has 0 fully saturated rings. The maximum Gasteiger partial charge on any atom is 0.251 e. The van der Waals surface area contributed by atoms with Crippen LogP contribution in [0.5, 0.6) is 17.2 Å². The van der Waals surface area contributed by atoms with Gasteiger partial charge in [0.2, 0.25) is 10.0 Å². The molecule has 0 aliphatic carbocycles. The molecule has 49 heavy (non-hydrogen) atoms. The first-order valence-corrected chi connectivity index (χ1v) is 17.5. The first kappa shape index (κ1) is 34.5. The number of aromatic nitrogens is 1. The number of anilines is 2. The Balaban J connectivity index is 1.35. The minimum absolute atomic E-state index is 0.258. The Morgan fingerprint density at radius 2 is 1.57 bits per heavy atom. The third-order valence-electron chi connectivity index (χ3n) is 7.68. The molecule has 0 saturated heterocycles. The fourth-order valence-corrected chi connectivity index (χ4v) is 5.87. The van der Waals surface area contributed by atoms with Crippen molar-refractivity contribution in [3.05, 3.63) is 143 Å². The smallest absolute Gasteiger partial charge is 0.251 e. The summed E-state index contributed by atoms with van der Waals surface area (Å²) in [5.41, 5.74) is 6.17. The Morgan fingerprint density at radius 1 is 0.878 bits per heavy atom. The van der Waals surface area contributed by atoms with Crippen molar-refractivity contribution in [2.75, 3.05) is 29.5 Å². The highest BCUT2D eigenvalue weighted by Crippen LogP contribution is 2.32. The Hall–Kier alpha value is -5.86. The number of carbonyl (C=O) groups is 1. The number of hydrogen-bond acceptors (Lipinski definition) is 8. The number of hydrogen-bond donors (Lipinski definition) is 2. The molecule has 0 atom stereocenters. The van der Waals surface area contributed by atoms with Gasteiger partial charge in [0.15, 0.2) is 0 Å². The maximum absolute atomic E-state index is 12.5. The molecule has 0 aliphatic rings. The van der Waals surface area contributed by atoms with E-state index in [2.05, 4.69) is 26.0 Å². The standard InChI is InChI=1S/C38H37N5O5S/c1-27-36(42-49(3,45)46)7-4-8-37(27)43(25-30-11-9-28(23-39)10-12-30)26-31-13-15-33(16-14-31)48-35-21-32(38(44)40-2)20-34(22-35)47-19-17-29-6-5-18-41-24-29/h4-16,18,20-22,24,42H,17,19,25-26H2,1-3H3,(H,40,44). The minimum Gasteiger partial charge on any atom is -0.493 e. The molecule has 2 N–H and O–H groups in total. The van der Waals surface area contributed by atoms with Gasteiger partial charge in [-0.1, -0.05) is 36.4 Å². The van der Waals surface area contributed by atoms with Crippen molar-refractivity contribution in [2.45, 2.75) is 26.4 Å². The Labute approximate surface area is 287 Å². The van der Waals surface area contributed by atoms with Crippen molar-refractivity contribution in [1.82, 2.24) is 10.3 Å². The second-order valence-corrected chi connectivity index (χ2v) is 13.2. The Kier molecular flexibility index (Phi) is 11.1. The van der Waals surface area contributed by atoms with Gasteiger partial charge in [0.25, 0.3) is 5.91 Å². The molecule has 0 bridgehead atoms. The second-order valence-electron chi connectivity index (χ2n) is 11.5. The lowest BCUT2D eigenvalue weighted by molar-refractivity contribution is 0.0962. The van der Waals surface area contributed by atoms with E-state index in [0.29, 0.717) is 60.2 Å². The molecule has 0 saturated carbocycles. The number of nitriles is 1. The van der Waals surface area contributed by atoms with Gasteiger partial charge in [0, 0.05) is 56.3 Å². The molecule has 1 aromatic heterocycles. The molecule has 0 spiro atoms. The van der Waals surface area contributed by atoms with Crippen LogP contribution in [0.3, 0.4) is 0 Å². The van der Waals surface area contributed by atoms with E-state index in [1.54, 1.807) is 55.8 Å². The number of nitrogens with zero attached hydrogens (tertiary/aromatic N) is 3. The number of pyridine rings is 1. The van der Waals surface area contributed by atoms with Crippen molar-refractivity contribution < 1.29 is 22.7 Å². The third kappa shape index (κ3) is 9.82. The quantitative estimate of drug-likeness (QED) is 0.134. The van der Waals surface area contributed by atoms with Gasteiger partial charge in [-0.15, -0.1) is 0 Å². The van der Waals surface area contributed by atoms with E-state index < -0.39 is 10.0 Å². The van der Waals surface area contributed by atoms with Crippen molar-refractivity contribution >= 4 is 27.3 Å². The largest absolute Gasteiger partial charge is 0.493 e. The number of rotatable bonds is 14. The second kappa shape index (κ2) is 15.8. The first-order valence-electron chi connectivity index (χ1n) is 15.6. The Morgan fingerprint density at radius 3 is 2.20 bits per heavy atom. The molecule has 4 aromatic carbocycles. The zero-order valence-electron chi connectivity index (χ0n) is 27.5. The van der Waals surface area contributed by atoms with Gasteiger partial charge >= 0.3 is 0 Å². The highest BCUT2D eigenvalue weighted by Gasteiger charge is 2.16. The summed E-state index contributed by atoms with van der Waals surface area (Å²) < 4.78 is 38.9. The molecule has 1 heterocycles. The zero-order valence-corrected chi connectivity index (χ0v) is 28.3. The van der Waals surface area contributed by atoms with Crippen LogP contribution in [0.2, 0.25) is 0 Å². The van der Waals surface area contributed by atoms with E-state index in [1.165, 1.54) is 0 Å². The predicted octanol–water partition coefficient (Wildman–Crippen LogP) is 6.61. The normalized spacial score (nSPS) is 10.9. The number of sulfonamides is 1. The van der Waals surface area contributed by atoms with Crippen LogP contribution in [-0.4, -0.2) is 39.2 Å². The summed E-state index contributed by atoms with van der Waals surface area (Å²) >= 11 is 0. The van der Waals surface area contributed by atoms with Crippen molar-refractivity contribution in [3.8, 4) is 23.3 Å². The molecule has 5 aromatic rings. The summed E-state index contributed by atoms with van der Waals surface area (Å²) in [5.74, 6) is 1.29. The SMILES string of the molecule is CNC(=O)c1cc(OCCc2cccnc2)cc(Oc2ccc(CN(Cc3ccc(C#N)cc3)c3cccc(NS(C)(=O)=O)c3C)cc2)c1. The lowest BCUT2D eigenvalue weighted by atomic mass is 10.1. The minimum atomic E-state index is -3.47. The van der Waals surface area contributed by atoms with Gasteiger partial charge in [-0.05, 0) is 83.8 Å². The molecular weight excluding hydrogens is 639 g/mol. The number of amides is 1. The first-order chi connectivity index (χ1) is 23.6. The van der Waals surface area contributed by atoms with E-state index >= 15 is 0 Å². The number of ether oxygens (including phenoxy) is 2. The summed E-state index contributed by atoms with van der Waals surface area (Å²) in [6.07, 6.45) is 5.31. The van der Waals surface area contributed by atoms with E-state index in [0.717, 1.165) is 34.2 Å². The van der Waals surface area contributed by atoms with Crippen LogP contribution >= 0.6 is 0 Å². The van der Waals surface area contributed by atoms with Gasteiger partial charge in [-0.3, -0.25) is 14.5 Å². The molecule has 250 valence electrons. The summed E-state index contributed by atoms with van der Waals surface area (Å²) in [5, 5.41) is 11.9. The lowest BCUT2D eigenvalue weighted by Gasteiger charge is -2.28. The van der Waals surface area contributed by atoms with Gasteiger partial charge < -0.3 is 19.7 Å². The summed E-state index contributed by atoms with van der Waals surface area (Å²) in [4.78, 5) is 18.8. The molecule has 1 amide bonds. The maximum atomic E-state index is 12.5. The monoisotopic (exact) mass is 675 g/mol. The van der Waals surface area contributed by atoms with Gasteiger partial charge in [-0.2, -0.15) is 5.26 Å². The van der Waals surface area contributed by atoms with Crippen LogP contribution in [0, 0.1) is 18.3 Å². The predicted molar refractivity (Wildman–Crippen MR) is 190 cm³/mol. The lowest BCUT2D eigenvalue weighted by Crippen LogP contribution is -2.23. The molecule has 0 unspecified atom stereocenters. The third-order valence-corrected chi connectivity index (χ3v) is 8.27. The van der Waals surface area contributed by atoms with Gasteiger partial charge in [0.05, 0.1) is 30.2 Å². The van der Waals surface area contributed by atoms with Gasteiger partial charge in [-0.25, -0.2) is 8.42 Å². The van der Waals surface area contributed by atoms with Crippen LogP contribution in [0.1, 0.15) is 38.2 Å². The van der Waals surface area contributed by atoms with E-state index in [9.17, 15) is 18.5 Å². The summed E-state index contributed by atoms with van der Waals surface area (Å²) in [6, 6.07) is 31.7. The van der Waals surface area contributed by atoms with E-state index in [-0.39, 0.29) is 5.91 Å². The number of nitrogens with one attached hydrogen (secondary N) is 2. The molecular formula is C38H37N5O5S. The van der Waals surface area contributed by atoms with Crippen molar-refractivity contribution in [1.29, 1.82) is 5.26 Å². The van der Waals surface area contributed by atoms with Crippen molar-refractivity contribution in [2.24, 2.45) is 0 Å². The fourth-order valence-electron chi connectivity index (χ4n) is 5.25. The Bertz CT molecular complexity index is 2050. The van der Waals surface area contributed by atoms with Crippen LogP contribution in [0.25, 0.3) is 0 Å². The molecule has 10 nitrogen and oxygen atoms in total. The highest BCUT2D eigenvalue weighted by molar-refractivity contribution is 7.92. The number of benzene rings is 4. The average Bonchev–Trinajstić information content (AvgIpc) is 3.09. The molecule has 11 heteroatoms. The van der Waals surface area contributed by atoms with Crippen LogP contribution in [0.15, 0.2) is 109 Å². The van der Waals surface area contributed by atoms with Crippen LogP contribution in [0.4, 0.5) is 11.4 Å². The topological polar surface area (TPSA) is 134 Å². The van der Waals surface area contributed by atoms with E-state index in [1.807, 2.05) is 67.6 Å². The summed E-state index contributed by atoms with van der Waals surface area (Å²) in [7, 11) is -1.90. The van der Waals surface area contributed by atoms with Gasteiger partial charge in [0.1, 0.15) is 17.2 Å². The van der Waals surface area contributed by atoms with Crippen LogP contribution in [-0.2, 0) is 29.5 Å². The molecule has 0 aliphatic heterocycles. The zero-order chi connectivity index (χ0) is 34.8. The number of carbonyl (C=O) groups excluding carboxylic acids is 1. The highest BCUT2D eigenvalue weighted by atomic mass is 32.2. The average molecular weight is 676 g/mol. The molecule has 5 rings (SSSR count). The molecule has 0 radical (unpaired) electrons.